The number of benzene rings is 2. The van der Waals surface area contributed by atoms with Crippen LogP contribution < -0.4 is 0 Å². The predicted octanol–water partition coefficient (Wildman–Crippen LogP) is 4.31. The molecule has 26 heavy (non-hydrogen) atoms. The van der Waals surface area contributed by atoms with E-state index in [2.05, 4.69) is 34.1 Å². The number of hydrogen-bond donors (Lipinski definition) is 0. The summed E-state index contributed by atoms with van der Waals surface area (Å²) in [5.74, 6) is -0.110. The molecular formula is C21H16BrN3O. The number of halogens is 1. The minimum absolute atomic E-state index is 0.110. The van der Waals surface area contributed by atoms with Gasteiger partial charge in [0.1, 0.15) is 11.8 Å². The Kier molecular flexibility index (Phi) is 4.36. The molecule has 4 rings (SSSR count). The van der Waals surface area contributed by atoms with Gasteiger partial charge in [0.2, 0.25) is 0 Å². The molecule has 0 atom stereocenters. The van der Waals surface area contributed by atoms with Gasteiger partial charge in [0.05, 0.1) is 5.56 Å². The molecule has 128 valence electrons. The molecule has 2 heterocycles. The van der Waals surface area contributed by atoms with Crippen LogP contribution in [0.15, 0.2) is 65.3 Å². The Morgan fingerprint density at radius 3 is 2.65 bits per heavy atom. The molecular weight excluding hydrogens is 390 g/mol. The van der Waals surface area contributed by atoms with Crippen LogP contribution >= 0.6 is 15.9 Å². The highest BCUT2D eigenvalue weighted by Crippen LogP contribution is 2.25. The van der Waals surface area contributed by atoms with Crippen molar-refractivity contribution in [1.82, 2.24) is 9.47 Å². The monoisotopic (exact) mass is 405 g/mol. The topological polar surface area (TPSA) is 49.0 Å². The second-order valence-electron chi connectivity index (χ2n) is 6.29. The first-order valence-electron chi connectivity index (χ1n) is 8.41. The highest BCUT2D eigenvalue weighted by Gasteiger charge is 2.26. The standard InChI is InChI=1S/C21H16BrN3O/c22-18-6-3-7-19(12-18)25-11-9-16(13-23)20(25)21(26)24-10-8-15-4-1-2-5-17(15)14-24/h1-7,9,11-12H,8,10,14H2. The van der Waals surface area contributed by atoms with E-state index in [0.29, 0.717) is 24.3 Å². The molecule has 0 saturated carbocycles. The van der Waals surface area contributed by atoms with Gasteiger partial charge in [-0.2, -0.15) is 5.26 Å². The highest BCUT2D eigenvalue weighted by atomic mass is 79.9. The Labute approximate surface area is 160 Å². The number of nitrogens with zero attached hydrogens (tertiary/aromatic N) is 3. The van der Waals surface area contributed by atoms with E-state index in [4.69, 9.17) is 0 Å². The predicted molar refractivity (Wildman–Crippen MR) is 103 cm³/mol. The van der Waals surface area contributed by atoms with Crippen LogP contribution in [0.3, 0.4) is 0 Å². The van der Waals surface area contributed by atoms with Crippen molar-refractivity contribution in [3.05, 3.63) is 87.7 Å². The van der Waals surface area contributed by atoms with E-state index < -0.39 is 0 Å². The molecule has 1 aliphatic rings. The number of hydrogen-bond acceptors (Lipinski definition) is 2. The summed E-state index contributed by atoms with van der Waals surface area (Å²) in [6, 6.07) is 19.8. The first-order chi connectivity index (χ1) is 12.7. The van der Waals surface area contributed by atoms with Gasteiger partial charge in [0, 0.05) is 29.4 Å². The van der Waals surface area contributed by atoms with Gasteiger partial charge in [-0.1, -0.05) is 46.3 Å². The molecule has 0 spiro atoms. The third-order valence-electron chi connectivity index (χ3n) is 4.71. The third kappa shape index (κ3) is 2.93. The Morgan fingerprint density at radius 2 is 1.88 bits per heavy atom. The molecule has 3 aromatic rings. The number of carbonyl (C=O) groups excluding carboxylic acids is 1. The van der Waals surface area contributed by atoms with Crippen LogP contribution in [0.25, 0.3) is 5.69 Å². The van der Waals surface area contributed by atoms with E-state index in [1.165, 1.54) is 11.1 Å². The van der Waals surface area contributed by atoms with Crippen molar-refractivity contribution in [1.29, 1.82) is 5.26 Å². The number of fused-ring (bicyclic) bond motifs is 1. The molecule has 2 aromatic carbocycles. The number of nitriles is 1. The molecule has 0 unspecified atom stereocenters. The Bertz CT molecular complexity index is 1030. The lowest BCUT2D eigenvalue weighted by Gasteiger charge is -2.29. The van der Waals surface area contributed by atoms with Gasteiger partial charge >= 0.3 is 0 Å². The maximum atomic E-state index is 13.3. The van der Waals surface area contributed by atoms with Crippen molar-refractivity contribution in [2.75, 3.05) is 6.54 Å². The average molecular weight is 406 g/mol. The minimum atomic E-state index is -0.110. The first kappa shape index (κ1) is 16.6. The molecule has 0 bridgehead atoms. The minimum Gasteiger partial charge on any atom is -0.333 e. The molecule has 0 radical (unpaired) electrons. The fourth-order valence-corrected chi connectivity index (χ4v) is 3.79. The second-order valence-corrected chi connectivity index (χ2v) is 7.20. The molecule has 0 saturated heterocycles. The summed E-state index contributed by atoms with van der Waals surface area (Å²) in [7, 11) is 0. The van der Waals surface area contributed by atoms with Crippen LogP contribution in [0.2, 0.25) is 0 Å². The molecule has 1 aromatic heterocycles. The zero-order valence-electron chi connectivity index (χ0n) is 14.0. The summed E-state index contributed by atoms with van der Waals surface area (Å²) in [6.07, 6.45) is 2.62. The maximum absolute atomic E-state index is 13.3. The molecule has 4 nitrogen and oxygen atoms in total. The summed E-state index contributed by atoms with van der Waals surface area (Å²) in [4.78, 5) is 15.1. The van der Waals surface area contributed by atoms with E-state index in [9.17, 15) is 10.1 Å². The van der Waals surface area contributed by atoms with Crippen LogP contribution in [-0.2, 0) is 13.0 Å². The zero-order valence-corrected chi connectivity index (χ0v) is 15.6. The molecule has 5 heteroatoms. The Hall–Kier alpha value is -2.84. The summed E-state index contributed by atoms with van der Waals surface area (Å²) in [6.45, 7) is 1.23. The number of amides is 1. The average Bonchev–Trinajstić information content (AvgIpc) is 3.11. The van der Waals surface area contributed by atoms with Crippen molar-refractivity contribution >= 4 is 21.8 Å². The molecule has 0 N–H and O–H groups in total. The number of rotatable bonds is 2. The van der Waals surface area contributed by atoms with Gasteiger partial charge < -0.3 is 9.47 Å². The van der Waals surface area contributed by atoms with E-state index in [1.807, 2.05) is 41.3 Å². The molecule has 1 amide bonds. The first-order valence-corrected chi connectivity index (χ1v) is 9.20. The molecule has 0 aliphatic carbocycles. The van der Waals surface area contributed by atoms with Gasteiger partial charge in [-0.25, -0.2) is 0 Å². The van der Waals surface area contributed by atoms with Crippen molar-refractivity contribution in [3.8, 4) is 11.8 Å². The number of aromatic nitrogens is 1. The lowest BCUT2D eigenvalue weighted by Crippen LogP contribution is -2.37. The van der Waals surface area contributed by atoms with E-state index >= 15 is 0 Å². The second kappa shape index (κ2) is 6.81. The molecule has 1 aliphatic heterocycles. The van der Waals surface area contributed by atoms with Crippen molar-refractivity contribution < 1.29 is 4.79 Å². The van der Waals surface area contributed by atoms with Crippen molar-refractivity contribution in [2.45, 2.75) is 13.0 Å². The normalized spacial score (nSPS) is 13.2. The third-order valence-corrected chi connectivity index (χ3v) is 5.21. The van der Waals surface area contributed by atoms with Gasteiger partial charge in [-0.05, 0) is 41.8 Å². The van der Waals surface area contributed by atoms with Gasteiger partial charge in [0.15, 0.2) is 0 Å². The highest BCUT2D eigenvalue weighted by molar-refractivity contribution is 9.10. The van der Waals surface area contributed by atoms with E-state index in [0.717, 1.165) is 16.6 Å². The lowest BCUT2D eigenvalue weighted by molar-refractivity contribution is 0.0726. The fourth-order valence-electron chi connectivity index (χ4n) is 3.40. The Morgan fingerprint density at radius 1 is 1.08 bits per heavy atom. The van der Waals surface area contributed by atoms with E-state index in [-0.39, 0.29) is 5.91 Å². The van der Waals surface area contributed by atoms with Crippen molar-refractivity contribution in [3.63, 3.8) is 0 Å². The van der Waals surface area contributed by atoms with Crippen LogP contribution in [-0.4, -0.2) is 21.9 Å². The Balaban J connectivity index is 1.73. The van der Waals surface area contributed by atoms with Crippen LogP contribution in [0.4, 0.5) is 0 Å². The zero-order chi connectivity index (χ0) is 18.1. The van der Waals surface area contributed by atoms with Crippen LogP contribution in [0, 0.1) is 11.3 Å². The summed E-state index contributed by atoms with van der Waals surface area (Å²) in [5.41, 5.74) is 4.13. The van der Waals surface area contributed by atoms with Gasteiger partial charge in [-0.15, -0.1) is 0 Å². The van der Waals surface area contributed by atoms with Crippen molar-refractivity contribution in [2.24, 2.45) is 0 Å². The summed E-state index contributed by atoms with van der Waals surface area (Å²) in [5, 5.41) is 9.49. The van der Waals surface area contributed by atoms with Crippen LogP contribution in [0.1, 0.15) is 27.2 Å². The quantitative estimate of drug-likeness (QED) is 0.637. The molecule has 0 fully saturated rings. The summed E-state index contributed by atoms with van der Waals surface area (Å²) < 4.78 is 2.72. The maximum Gasteiger partial charge on any atom is 0.272 e. The van der Waals surface area contributed by atoms with Crippen LogP contribution in [0.5, 0.6) is 0 Å². The van der Waals surface area contributed by atoms with E-state index in [1.54, 1.807) is 16.8 Å². The lowest BCUT2D eigenvalue weighted by atomic mass is 9.99. The SMILES string of the molecule is N#Cc1ccn(-c2cccc(Br)c2)c1C(=O)N1CCc2ccccc2C1. The smallest absolute Gasteiger partial charge is 0.272 e. The number of carbonyl (C=O) groups is 1. The van der Waals surface area contributed by atoms with Gasteiger partial charge in [0.25, 0.3) is 5.91 Å². The largest absolute Gasteiger partial charge is 0.333 e. The van der Waals surface area contributed by atoms with Gasteiger partial charge in [-0.3, -0.25) is 4.79 Å². The fraction of sp³-hybridized carbons (Fsp3) is 0.143. The summed E-state index contributed by atoms with van der Waals surface area (Å²) >= 11 is 3.47.